The van der Waals surface area contributed by atoms with Crippen molar-refractivity contribution in [3.05, 3.63) is 35.8 Å². The molecule has 0 fully saturated rings. The summed E-state index contributed by atoms with van der Waals surface area (Å²) in [7, 11) is 0. The van der Waals surface area contributed by atoms with Gasteiger partial charge in [-0.3, -0.25) is 4.40 Å². The van der Waals surface area contributed by atoms with Crippen molar-refractivity contribution in [3.8, 4) is 0 Å². The van der Waals surface area contributed by atoms with E-state index in [0.29, 0.717) is 11.3 Å². The molecule has 0 amide bonds. The summed E-state index contributed by atoms with van der Waals surface area (Å²) in [5.41, 5.74) is 1.44. The van der Waals surface area contributed by atoms with Gasteiger partial charge in [0.1, 0.15) is 5.65 Å². The van der Waals surface area contributed by atoms with Crippen LogP contribution in [0.5, 0.6) is 0 Å². The Morgan fingerprint density at radius 3 is 2.67 bits per heavy atom. The Kier molecular flexibility index (Phi) is 3.44. The van der Waals surface area contributed by atoms with Crippen molar-refractivity contribution in [2.45, 2.75) is 20.8 Å². The maximum Gasteiger partial charge on any atom is 0.354 e. The Balaban J connectivity index is 0.000000531. The Morgan fingerprint density at radius 1 is 1.40 bits per heavy atom. The fourth-order valence-electron chi connectivity index (χ4n) is 1.37. The Bertz CT molecular complexity index is 474. The van der Waals surface area contributed by atoms with E-state index in [4.69, 9.17) is 5.11 Å². The zero-order valence-corrected chi connectivity index (χ0v) is 9.06. The average Bonchev–Trinajstić information content (AvgIpc) is 2.56. The molecule has 0 radical (unpaired) electrons. The molecule has 2 rings (SSSR count). The molecular weight excluding hydrogens is 192 g/mol. The molecule has 0 aliphatic carbocycles. The second-order valence-corrected chi connectivity index (χ2v) is 2.78. The van der Waals surface area contributed by atoms with E-state index in [-0.39, 0.29) is 5.69 Å². The molecule has 0 saturated heterocycles. The van der Waals surface area contributed by atoms with Crippen LogP contribution >= 0.6 is 0 Å². The maximum atomic E-state index is 10.8. The highest BCUT2D eigenvalue weighted by Gasteiger charge is 2.13. The summed E-state index contributed by atoms with van der Waals surface area (Å²) in [5, 5.41) is 8.89. The number of aromatic nitrogens is 2. The molecule has 4 nitrogen and oxygen atoms in total. The number of nitrogens with zero attached hydrogens (tertiary/aromatic N) is 2. The number of rotatable bonds is 1. The summed E-state index contributed by atoms with van der Waals surface area (Å²) in [4.78, 5) is 15.0. The molecule has 80 valence electrons. The van der Waals surface area contributed by atoms with Gasteiger partial charge in [-0.15, -0.1) is 0 Å². The highest BCUT2D eigenvalue weighted by atomic mass is 16.4. The van der Waals surface area contributed by atoms with Gasteiger partial charge in [0.05, 0.1) is 5.69 Å². The first-order valence-electron chi connectivity index (χ1n) is 4.87. The minimum Gasteiger partial charge on any atom is -0.477 e. The van der Waals surface area contributed by atoms with Gasteiger partial charge in [0.25, 0.3) is 0 Å². The Hall–Kier alpha value is -1.84. The minimum absolute atomic E-state index is 0.232. The van der Waals surface area contributed by atoms with Gasteiger partial charge in [-0.1, -0.05) is 19.9 Å². The number of carboxylic acid groups (broad SMARTS) is 1. The van der Waals surface area contributed by atoms with E-state index in [0.717, 1.165) is 0 Å². The zero-order chi connectivity index (χ0) is 11.4. The van der Waals surface area contributed by atoms with Crippen molar-refractivity contribution in [2.75, 3.05) is 0 Å². The van der Waals surface area contributed by atoms with Crippen molar-refractivity contribution in [2.24, 2.45) is 0 Å². The van der Waals surface area contributed by atoms with Crippen LogP contribution in [0.1, 0.15) is 30.0 Å². The molecule has 0 bridgehead atoms. The first-order valence-corrected chi connectivity index (χ1v) is 4.87. The van der Waals surface area contributed by atoms with Crippen molar-refractivity contribution in [1.29, 1.82) is 0 Å². The number of fused-ring (bicyclic) bond motifs is 1. The van der Waals surface area contributed by atoms with Crippen molar-refractivity contribution in [1.82, 2.24) is 9.38 Å². The van der Waals surface area contributed by atoms with E-state index >= 15 is 0 Å². The average molecular weight is 206 g/mol. The molecule has 0 atom stereocenters. The van der Waals surface area contributed by atoms with E-state index < -0.39 is 5.97 Å². The van der Waals surface area contributed by atoms with Crippen LogP contribution in [0.25, 0.3) is 5.65 Å². The number of carbonyl (C=O) groups is 1. The van der Waals surface area contributed by atoms with Crippen LogP contribution in [0.3, 0.4) is 0 Å². The Labute approximate surface area is 88.2 Å². The molecular formula is C11H14N2O2. The molecule has 0 aliphatic heterocycles. The first-order chi connectivity index (χ1) is 7.20. The number of pyridine rings is 1. The van der Waals surface area contributed by atoms with Crippen LogP contribution in [0.2, 0.25) is 0 Å². The molecule has 2 aromatic rings. The lowest BCUT2D eigenvalue weighted by Crippen LogP contribution is -2.02. The summed E-state index contributed by atoms with van der Waals surface area (Å²) < 4.78 is 1.57. The fourth-order valence-corrected chi connectivity index (χ4v) is 1.37. The smallest absolute Gasteiger partial charge is 0.354 e. The lowest BCUT2D eigenvalue weighted by Gasteiger charge is -1.94. The summed E-state index contributed by atoms with van der Waals surface area (Å²) in [6.07, 6.45) is 1.69. The predicted molar refractivity (Wildman–Crippen MR) is 58.2 cm³/mol. The highest BCUT2D eigenvalue weighted by Crippen LogP contribution is 2.10. The third kappa shape index (κ3) is 1.98. The van der Waals surface area contributed by atoms with Gasteiger partial charge in [0.15, 0.2) is 5.69 Å². The van der Waals surface area contributed by atoms with Gasteiger partial charge >= 0.3 is 5.97 Å². The third-order valence-electron chi connectivity index (χ3n) is 1.91. The SMILES string of the molecule is CC.Cc1nc2ccccn2c1C(=O)O. The minimum atomic E-state index is -0.948. The van der Waals surface area contributed by atoms with E-state index in [2.05, 4.69) is 4.98 Å². The number of imidazole rings is 1. The number of aryl methyl sites for hydroxylation is 1. The van der Waals surface area contributed by atoms with Crippen LogP contribution in [0, 0.1) is 6.92 Å². The lowest BCUT2D eigenvalue weighted by molar-refractivity contribution is 0.0688. The number of carboxylic acids is 1. The summed E-state index contributed by atoms with van der Waals surface area (Å²) in [6.45, 7) is 5.69. The third-order valence-corrected chi connectivity index (χ3v) is 1.91. The molecule has 0 aromatic carbocycles. The van der Waals surface area contributed by atoms with Gasteiger partial charge in [0.2, 0.25) is 0 Å². The van der Waals surface area contributed by atoms with E-state index in [1.807, 2.05) is 19.9 Å². The van der Waals surface area contributed by atoms with Crippen molar-refractivity contribution < 1.29 is 9.90 Å². The zero-order valence-electron chi connectivity index (χ0n) is 9.06. The van der Waals surface area contributed by atoms with Crippen LogP contribution in [-0.4, -0.2) is 20.5 Å². The maximum absolute atomic E-state index is 10.8. The molecule has 4 heteroatoms. The second-order valence-electron chi connectivity index (χ2n) is 2.78. The molecule has 0 aliphatic rings. The van der Waals surface area contributed by atoms with Crippen LogP contribution < -0.4 is 0 Å². The Morgan fingerprint density at radius 2 is 2.07 bits per heavy atom. The molecule has 0 unspecified atom stereocenters. The monoisotopic (exact) mass is 206 g/mol. The van der Waals surface area contributed by atoms with E-state index in [1.54, 1.807) is 29.7 Å². The van der Waals surface area contributed by atoms with Crippen LogP contribution in [0.15, 0.2) is 24.4 Å². The molecule has 0 spiro atoms. The first kappa shape index (κ1) is 11.2. The molecule has 1 N–H and O–H groups in total. The second kappa shape index (κ2) is 4.59. The quantitative estimate of drug-likeness (QED) is 0.779. The molecule has 15 heavy (non-hydrogen) atoms. The van der Waals surface area contributed by atoms with Crippen LogP contribution in [0.4, 0.5) is 0 Å². The van der Waals surface area contributed by atoms with Gasteiger partial charge in [-0.05, 0) is 19.1 Å². The number of hydrogen-bond acceptors (Lipinski definition) is 2. The van der Waals surface area contributed by atoms with E-state index in [1.165, 1.54) is 0 Å². The molecule has 0 saturated carbocycles. The highest BCUT2D eigenvalue weighted by molar-refractivity contribution is 5.88. The van der Waals surface area contributed by atoms with Gasteiger partial charge < -0.3 is 5.11 Å². The van der Waals surface area contributed by atoms with Crippen LogP contribution in [-0.2, 0) is 0 Å². The van der Waals surface area contributed by atoms with Crippen molar-refractivity contribution >= 4 is 11.6 Å². The molecule has 2 heterocycles. The summed E-state index contributed by atoms with van der Waals surface area (Å²) in [6, 6.07) is 5.38. The summed E-state index contributed by atoms with van der Waals surface area (Å²) >= 11 is 0. The number of hydrogen-bond donors (Lipinski definition) is 1. The lowest BCUT2D eigenvalue weighted by atomic mass is 10.3. The van der Waals surface area contributed by atoms with Gasteiger partial charge in [-0.25, -0.2) is 9.78 Å². The largest absolute Gasteiger partial charge is 0.477 e. The molecule has 2 aromatic heterocycles. The fraction of sp³-hybridized carbons (Fsp3) is 0.273. The standard InChI is InChI=1S/C9H8N2O2.C2H6/c1-6-8(9(12)13)11-5-3-2-4-7(11)10-6;1-2/h2-5H,1H3,(H,12,13);1-2H3. The topological polar surface area (TPSA) is 54.6 Å². The van der Waals surface area contributed by atoms with Crippen molar-refractivity contribution in [3.63, 3.8) is 0 Å². The predicted octanol–water partition coefficient (Wildman–Crippen LogP) is 2.37. The van der Waals surface area contributed by atoms with Gasteiger partial charge in [-0.2, -0.15) is 0 Å². The number of aromatic carboxylic acids is 1. The van der Waals surface area contributed by atoms with Gasteiger partial charge in [0, 0.05) is 6.20 Å². The summed E-state index contributed by atoms with van der Waals surface area (Å²) in [5.74, 6) is -0.948. The van der Waals surface area contributed by atoms with E-state index in [9.17, 15) is 4.79 Å². The normalized spacial score (nSPS) is 9.53.